The lowest BCUT2D eigenvalue weighted by Gasteiger charge is -2.02. The number of nitrogens with zero attached hydrogens (tertiary/aromatic N) is 1. The molecule has 0 fully saturated rings. The lowest BCUT2D eigenvalue weighted by molar-refractivity contribution is 0.0691. The largest absolute Gasteiger partial charge is 0.477 e. The van der Waals surface area contributed by atoms with E-state index in [0.717, 1.165) is 0 Å². The van der Waals surface area contributed by atoms with Crippen molar-refractivity contribution in [3.8, 4) is 0 Å². The maximum absolute atomic E-state index is 13.3. The first kappa shape index (κ1) is 10.0. The van der Waals surface area contributed by atoms with E-state index in [9.17, 15) is 9.18 Å². The van der Waals surface area contributed by atoms with Gasteiger partial charge in [0.15, 0.2) is 0 Å². The molecule has 0 aliphatic heterocycles. The highest BCUT2D eigenvalue weighted by Crippen LogP contribution is 2.24. The van der Waals surface area contributed by atoms with E-state index in [2.05, 4.69) is 20.9 Å². The molecule has 0 amide bonds. The first-order valence-electron chi connectivity index (χ1n) is 4.07. The zero-order chi connectivity index (χ0) is 11.0. The Hall–Kier alpha value is -1.49. The molecule has 0 aliphatic rings. The van der Waals surface area contributed by atoms with Gasteiger partial charge in [-0.05, 0) is 40.2 Å². The molecule has 0 unspecified atom stereocenters. The fraction of sp³-hybridized carbons (Fsp3) is 0. The molecule has 2 aromatic rings. The third-order valence-corrected chi connectivity index (χ3v) is 2.61. The second-order valence-corrected chi connectivity index (χ2v) is 3.78. The van der Waals surface area contributed by atoms with Gasteiger partial charge in [0.2, 0.25) is 0 Å². The Bertz CT molecular complexity index is 556. The van der Waals surface area contributed by atoms with Crippen molar-refractivity contribution in [3.63, 3.8) is 0 Å². The molecule has 0 bridgehead atoms. The second kappa shape index (κ2) is 3.58. The van der Waals surface area contributed by atoms with E-state index in [-0.39, 0.29) is 5.69 Å². The number of halogens is 2. The average molecular weight is 270 g/mol. The Morgan fingerprint density at radius 3 is 2.73 bits per heavy atom. The van der Waals surface area contributed by atoms with Crippen molar-refractivity contribution in [2.45, 2.75) is 0 Å². The van der Waals surface area contributed by atoms with E-state index in [0.29, 0.717) is 15.4 Å². The summed E-state index contributed by atoms with van der Waals surface area (Å²) in [6, 6.07) is 5.48. The summed E-state index contributed by atoms with van der Waals surface area (Å²) in [6.07, 6.45) is 0. The molecular weight excluding hydrogens is 265 g/mol. The van der Waals surface area contributed by atoms with Crippen LogP contribution in [0.3, 0.4) is 0 Å². The minimum absolute atomic E-state index is 0.103. The summed E-state index contributed by atoms with van der Waals surface area (Å²) in [5.74, 6) is -1.55. The van der Waals surface area contributed by atoms with Crippen molar-refractivity contribution in [2.75, 3.05) is 0 Å². The van der Waals surface area contributed by atoms with Crippen LogP contribution in [-0.2, 0) is 0 Å². The molecule has 2 rings (SSSR count). The highest BCUT2D eigenvalue weighted by molar-refractivity contribution is 9.10. The summed E-state index contributed by atoms with van der Waals surface area (Å²) in [4.78, 5) is 14.5. The first-order valence-corrected chi connectivity index (χ1v) is 4.87. The number of aromatic nitrogens is 1. The Morgan fingerprint density at radius 1 is 1.33 bits per heavy atom. The zero-order valence-corrected chi connectivity index (χ0v) is 8.95. The van der Waals surface area contributed by atoms with Crippen LogP contribution in [0.2, 0.25) is 0 Å². The van der Waals surface area contributed by atoms with E-state index < -0.39 is 11.8 Å². The van der Waals surface area contributed by atoms with Gasteiger partial charge in [-0.15, -0.1) is 0 Å². The second-order valence-electron chi connectivity index (χ2n) is 2.93. The molecular formula is C10H5BrFNO2. The summed E-state index contributed by atoms with van der Waals surface area (Å²) in [6.45, 7) is 0. The van der Waals surface area contributed by atoms with Gasteiger partial charge < -0.3 is 5.11 Å². The molecule has 0 aliphatic carbocycles. The van der Waals surface area contributed by atoms with Crippen LogP contribution in [-0.4, -0.2) is 16.1 Å². The molecule has 1 aromatic heterocycles. The Kier molecular flexibility index (Phi) is 2.40. The van der Waals surface area contributed by atoms with Crippen molar-refractivity contribution in [3.05, 3.63) is 40.2 Å². The number of benzene rings is 1. The van der Waals surface area contributed by atoms with Crippen molar-refractivity contribution >= 4 is 32.8 Å². The SMILES string of the molecule is O=C(O)c1ccc2c(F)ccc(Br)c2n1. The minimum atomic E-state index is -1.13. The maximum atomic E-state index is 13.3. The normalized spacial score (nSPS) is 10.5. The van der Waals surface area contributed by atoms with Crippen molar-refractivity contribution in [1.29, 1.82) is 0 Å². The van der Waals surface area contributed by atoms with E-state index in [1.165, 1.54) is 24.3 Å². The Labute approximate surface area is 92.7 Å². The number of fused-ring (bicyclic) bond motifs is 1. The number of carbonyl (C=O) groups is 1. The third-order valence-electron chi connectivity index (χ3n) is 1.97. The smallest absolute Gasteiger partial charge is 0.354 e. The van der Waals surface area contributed by atoms with Crippen LogP contribution in [0, 0.1) is 5.82 Å². The standard InChI is InChI=1S/C10H5BrFNO2/c11-6-2-3-7(12)5-1-4-8(10(14)15)13-9(5)6/h1-4H,(H,14,15). The molecule has 1 heterocycles. The number of aromatic carboxylic acids is 1. The fourth-order valence-corrected chi connectivity index (χ4v) is 1.70. The predicted octanol–water partition coefficient (Wildman–Crippen LogP) is 2.83. The van der Waals surface area contributed by atoms with Gasteiger partial charge in [0.25, 0.3) is 0 Å². The van der Waals surface area contributed by atoms with Gasteiger partial charge >= 0.3 is 5.97 Å². The summed E-state index contributed by atoms with van der Waals surface area (Å²) in [5, 5.41) is 9.03. The van der Waals surface area contributed by atoms with Crippen LogP contribution in [0.15, 0.2) is 28.7 Å². The summed E-state index contributed by atoms with van der Waals surface area (Å²) in [7, 11) is 0. The molecule has 15 heavy (non-hydrogen) atoms. The third kappa shape index (κ3) is 1.70. The van der Waals surface area contributed by atoms with Crippen LogP contribution in [0.1, 0.15) is 10.5 Å². The lowest BCUT2D eigenvalue weighted by atomic mass is 10.2. The summed E-state index contributed by atoms with van der Waals surface area (Å²) >= 11 is 3.19. The molecule has 0 spiro atoms. The molecule has 0 saturated heterocycles. The first-order chi connectivity index (χ1) is 7.09. The molecule has 0 atom stereocenters. The van der Waals surface area contributed by atoms with Gasteiger partial charge in [-0.1, -0.05) is 0 Å². The summed E-state index contributed by atoms with van der Waals surface area (Å²) < 4.78 is 13.9. The minimum Gasteiger partial charge on any atom is -0.477 e. The average Bonchev–Trinajstić information content (AvgIpc) is 2.23. The van der Waals surface area contributed by atoms with E-state index in [1.807, 2.05) is 0 Å². The number of carboxylic acids is 1. The van der Waals surface area contributed by atoms with Crippen LogP contribution < -0.4 is 0 Å². The quantitative estimate of drug-likeness (QED) is 0.866. The van der Waals surface area contributed by atoms with Crippen molar-refractivity contribution < 1.29 is 14.3 Å². The molecule has 0 saturated carbocycles. The van der Waals surface area contributed by atoms with Crippen LogP contribution in [0.25, 0.3) is 10.9 Å². The van der Waals surface area contributed by atoms with Gasteiger partial charge in [-0.2, -0.15) is 0 Å². The number of pyridine rings is 1. The Morgan fingerprint density at radius 2 is 2.07 bits per heavy atom. The predicted molar refractivity (Wildman–Crippen MR) is 56.4 cm³/mol. The van der Waals surface area contributed by atoms with Gasteiger partial charge in [0.05, 0.1) is 5.52 Å². The molecule has 76 valence electrons. The monoisotopic (exact) mass is 269 g/mol. The zero-order valence-electron chi connectivity index (χ0n) is 7.37. The van der Waals surface area contributed by atoms with E-state index in [1.54, 1.807) is 0 Å². The van der Waals surface area contributed by atoms with Crippen LogP contribution in [0.4, 0.5) is 4.39 Å². The molecule has 1 N–H and O–H groups in total. The number of carboxylic acid groups (broad SMARTS) is 1. The van der Waals surface area contributed by atoms with Gasteiger partial charge in [0, 0.05) is 9.86 Å². The number of hydrogen-bond donors (Lipinski definition) is 1. The number of hydrogen-bond acceptors (Lipinski definition) is 2. The highest BCUT2D eigenvalue weighted by Gasteiger charge is 2.10. The summed E-state index contributed by atoms with van der Waals surface area (Å²) in [5.41, 5.74) is 0.212. The number of rotatable bonds is 1. The van der Waals surface area contributed by atoms with Crippen molar-refractivity contribution in [1.82, 2.24) is 4.98 Å². The van der Waals surface area contributed by atoms with Gasteiger partial charge in [0.1, 0.15) is 11.5 Å². The topological polar surface area (TPSA) is 50.2 Å². The Balaban J connectivity index is 2.81. The van der Waals surface area contributed by atoms with Crippen molar-refractivity contribution in [2.24, 2.45) is 0 Å². The van der Waals surface area contributed by atoms with Gasteiger partial charge in [-0.25, -0.2) is 14.2 Å². The lowest BCUT2D eigenvalue weighted by Crippen LogP contribution is -2.00. The maximum Gasteiger partial charge on any atom is 0.354 e. The van der Waals surface area contributed by atoms with Gasteiger partial charge in [-0.3, -0.25) is 0 Å². The van der Waals surface area contributed by atoms with E-state index in [4.69, 9.17) is 5.11 Å². The van der Waals surface area contributed by atoms with E-state index >= 15 is 0 Å². The fourth-order valence-electron chi connectivity index (χ4n) is 1.27. The highest BCUT2D eigenvalue weighted by atomic mass is 79.9. The molecule has 0 radical (unpaired) electrons. The van der Waals surface area contributed by atoms with Crippen LogP contribution >= 0.6 is 15.9 Å². The molecule has 1 aromatic carbocycles. The molecule has 5 heteroatoms. The van der Waals surface area contributed by atoms with Crippen LogP contribution in [0.5, 0.6) is 0 Å². The molecule has 3 nitrogen and oxygen atoms in total.